The first-order valence-electron chi connectivity index (χ1n) is 4.95. The maximum Gasteiger partial charge on any atom is 0.119 e. The molecule has 3 heteroatoms. The Balaban J connectivity index is 1.99. The van der Waals surface area contributed by atoms with Gasteiger partial charge in [-0.15, -0.1) is 0 Å². The van der Waals surface area contributed by atoms with Crippen LogP contribution in [-0.2, 0) is 0 Å². The molecule has 1 rings (SSSR count). The molecule has 0 N–H and O–H groups in total. The van der Waals surface area contributed by atoms with Crippen LogP contribution in [0.2, 0.25) is 0 Å². The van der Waals surface area contributed by atoms with Crippen LogP contribution in [0.15, 0.2) is 30.3 Å². The van der Waals surface area contributed by atoms with Crippen molar-refractivity contribution in [3.05, 3.63) is 30.3 Å². The lowest BCUT2D eigenvalue weighted by atomic mass is 10.3. The number of para-hydroxylation sites is 1. The predicted octanol–water partition coefficient (Wildman–Crippen LogP) is 4.22. The van der Waals surface area contributed by atoms with Crippen molar-refractivity contribution in [3.8, 4) is 5.75 Å². The van der Waals surface area contributed by atoms with Crippen molar-refractivity contribution in [2.24, 2.45) is 0 Å². The van der Waals surface area contributed by atoms with Gasteiger partial charge >= 0.3 is 0 Å². The smallest absolute Gasteiger partial charge is 0.119 e. The van der Waals surface area contributed by atoms with E-state index >= 15 is 0 Å². The van der Waals surface area contributed by atoms with E-state index in [0.29, 0.717) is 0 Å². The van der Waals surface area contributed by atoms with E-state index in [2.05, 4.69) is 15.5 Å². The first kappa shape index (κ1) is 12.0. The lowest BCUT2D eigenvalue weighted by Gasteiger charge is -2.04. The predicted molar refractivity (Wildman–Crippen MR) is 67.9 cm³/mol. The highest BCUT2D eigenvalue weighted by molar-refractivity contribution is 9.36. The van der Waals surface area contributed by atoms with E-state index in [9.17, 15) is 0 Å². The number of unbranched alkanes of at least 4 members (excludes halogenated alkanes) is 2. The van der Waals surface area contributed by atoms with Crippen LogP contribution in [-0.4, -0.2) is 12.8 Å². The van der Waals surface area contributed by atoms with Crippen molar-refractivity contribution in [2.45, 2.75) is 19.3 Å². The molecule has 1 aromatic rings. The Labute approximate surface area is 95.8 Å². The second-order valence-corrected chi connectivity index (χ2v) is 5.56. The zero-order chi connectivity index (χ0) is 10.1. The summed E-state index contributed by atoms with van der Waals surface area (Å²) in [6.45, 7) is 0.843. The van der Waals surface area contributed by atoms with Gasteiger partial charge in [-0.05, 0) is 37.6 Å². The molecule has 0 fully saturated rings. The number of hydrogen-bond acceptors (Lipinski definition) is 1. The molecule has 1 atom stereocenters. The van der Waals surface area contributed by atoms with Crippen LogP contribution < -0.4 is 4.74 Å². The first-order chi connectivity index (χ1) is 6.93. The molecule has 0 heterocycles. The molecule has 0 aromatic heterocycles. The highest BCUT2D eigenvalue weighted by Crippen LogP contribution is 2.21. The van der Waals surface area contributed by atoms with Gasteiger partial charge in [0.25, 0.3) is 0 Å². The van der Waals surface area contributed by atoms with E-state index in [1.54, 1.807) is 0 Å². The molecule has 0 bridgehead atoms. The van der Waals surface area contributed by atoms with E-state index in [1.807, 2.05) is 30.3 Å². The van der Waals surface area contributed by atoms with E-state index in [-0.39, 0.29) is 0 Å². The summed E-state index contributed by atoms with van der Waals surface area (Å²) in [4.78, 5) is 0. The van der Waals surface area contributed by atoms with Crippen LogP contribution in [0.25, 0.3) is 0 Å². The summed E-state index contributed by atoms with van der Waals surface area (Å²) in [6, 6.07) is 10.0. The summed E-state index contributed by atoms with van der Waals surface area (Å²) in [7, 11) is 0.914. The molecule has 0 aliphatic heterocycles. The zero-order valence-corrected chi connectivity index (χ0v) is 10.8. The monoisotopic (exact) mass is 274 g/mol. The molecule has 0 saturated heterocycles. The fourth-order valence-electron chi connectivity index (χ4n) is 1.18. The third-order valence-corrected chi connectivity index (χ3v) is 3.66. The van der Waals surface area contributed by atoms with Crippen LogP contribution in [0.3, 0.4) is 0 Å². The molecule has 14 heavy (non-hydrogen) atoms. The highest BCUT2D eigenvalue weighted by Gasteiger charge is 1.92. The maximum atomic E-state index is 5.58. The highest BCUT2D eigenvalue weighted by atomic mass is 79.9. The quantitative estimate of drug-likeness (QED) is 0.534. The lowest BCUT2D eigenvalue weighted by Crippen LogP contribution is -1.96. The molecule has 0 aliphatic carbocycles. The van der Waals surface area contributed by atoms with Crippen LogP contribution in [0.4, 0.5) is 0 Å². The van der Waals surface area contributed by atoms with Crippen molar-refractivity contribution < 1.29 is 4.74 Å². The standard InChI is InChI=1S/C11H16BrOP/c12-14-10-6-2-5-9-13-11-7-3-1-4-8-11/h1,3-4,7-8,14H,2,5-6,9-10H2. The number of hydrogen-bond donors (Lipinski definition) is 0. The molecule has 0 spiro atoms. The van der Waals surface area contributed by atoms with Gasteiger partial charge in [0.1, 0.15) is 5.75 Å². The minimum Gasteiger partial charge on any atom is -0.494 e. The largest absolute Gasteiger partial charge is 0.494 e. The normalized spacial score (nSPS) is 10.9. The van der Waals surface area contributed by atoms with Gasteiger partial charge in [0, 0.05) is 0 Å². The molecule has 78 valence electrons. The van der Waals surface area contributed by atoms with E-state index in [1.165, 1.54) is 19.0 Å². The molecular formula is C11H16BrOP. The van der Waals surface area contributed by atoms with Crippen LogP contribution >= 0.6 is 22.8 Å². The second kappa shape index (κ2) is 8.26. The molecule has 1 unspecified atom stereocenters. The Kier molecular flexibility index (Phi) is 7.08. The van der Waals surface area contributed by atoms with Gasteiger partial charge in [0.2, 0.25) is 0 Å². The van der Waals surface area contributed by atoms with Gasteiger partial charge in [-0.1, -0.05) is 41.0 Å². The number of ether oxygens (including phenoxy) is 1. The van der Waals surface area contributed by atoms with Crippen LogP contribution in [0.1, 0.15) is 19.3 Å². The van der Waals surface area contributed by atoms with Crippen LogP contribution in [0, 0.1) is 0 Å². The topological polar surface area (TPSA) is 9.23 Å². The summed E-state index contributed by atoms with van der Waals surface area (Å²) >= 11 is 3.45. The number of rotatable bonds is 7. The van der Waals surface area contributed by atoms with Crippen molar-refractivity contribution in [3.63, 3.8) is 0 Å². The first-order valence-corrected chi connectivity index (χ1v) is 8.41. The van der Waals surface area contributed by atoms with Gasteiger partial charge in [0.15, 0.2) is 0 Å². The lowest BCUT2D eigenvalue weighted by molar-refractivity contribution is 0.306. The average Bonchev–Trinajstić information content (AvgIpc) is 2.25. The summed E-state index contributed by atoms with van der Waals surface area (Å²) in [5.41, 5.74) is 0. The van der Waals surface area contributed by atoms with Gasteiger partial charge in [-0.25, -0.2) is 0 Å². The molecule has 1 nitrogen and oxygen atoms in total. The summed E-state index contributed by atoms with van der Waals surface area (Å²) < 4.78 is 5.58. The van der Waals surface area contributed by atoms with Crippen molar-refractivity contribution >= 4 is 22.8 Å². The Morgan fingerprint density at radius 2 is 1.86 bits per heavy atom. The Morgan fingerprint density at radius 1 is 1.07 bits per heavy atom. The Hall–Kier alpha value is -0.0700. The fourth-order valence-corrected chi connectivity index (χ4v) is 2.40. The maximum absolute atomic E-state index is 5.58. The fraction of sp³-hybridized carbons (Fsp3) is 0.455. The van der Waals surface area contributed by atoms with Gasteiger partial charge in [0.05, 0.1) is 6.61 Å². The van der Waals surface area contributed by atoms with E-state index in [4.69, 9.17) is 4.74 Å². The molecule has 1 aromatic carbocycles. The van der Waals surface area contributed by atoms with Gasteiger partial charge < -0.3 is 4.74 Å². The van der Waals surface area contributed by atoms with Gasteiger partial charge in [-0.3, -0.25) is 0 Å². The summed E-state index contributed by atoms with van der Waals surface area (Å²) in [5.74, 6) is 0.981. The Morgan fingerprint density at radius 3 is 2.57 bits per heavy atom. The molecule has 0 aliphatic rings. The third-order valence-electron chi connectivity index (χ3n) is 1.93. The van der Waals surface area contributed by atoms with Crippen LogP contribution in [0.5, 0.6) is 5.75 Å². The molecule has 0 radical (unpaired) electrons. The molecular weight excluding hydrogens is 259 g/mol. The summed E-state index contributed by atoms with van der Waals surface area (Å²) in [6.07, 6.45) is 5.03. The van der Waals surface area contributed by atoms with Crippen molar-refractivity contribution in [1.29, 1.82) is 0 Å². The zero-order valence-electron chi connectivity index (χ0n) is 8.21. The number of halogens is 1. The van der Waals surface area contributed by atoms with Gasteiger partial charge in [-0.2, -0.15) is 0 Å². The third kappa shape index (κ3) is 5.62. The SMILES string of the molecule is BrPCCCCCOc1ccccc1. The van der Waals surface area contributed by atoms with E-state index in [0.717, 1.165) is 26.1 Å². The Bertz CT molecular complexity index is 228. The summed E-state index contributed by atoms with van der Waals surface area (Å²) in [5, 5.41) is 0. The number of benzene rings is 1. The second-order valence-electron chi connectivity index (χ2n) is 3.11. The minimum absolute atomic E-state index is 0.843. The average molecular weight is 275 g/mol. The molecule has 0 saturated carbocycles. The molecule has 0 amide bonds. The van der Waals surface area contributed by atoms with Crippen molar-refractivity contribution in [1.82, 2.24) is 0 Å². The minimum atomic E-state index is 0.843. The van der Waals surface area contributed by atoms with Crippen molar-refractivity contribution in [2.75, 3.05) is 12.8 Å². The van der Waals surface area contributed by atoms with E-state index < -0.39 is 0 Å².